The van der Waals surface area contributed by atoms with E-state index in [-0.39, 0.29) is 11.4 Å². The fourth-order valence-corrected chi connectivity index (χ4v) is 2.40. The van der Waals surface area contributed by atoms with Gasteiger partial charge in [0.05, 0.1) is 16.0 Å². The van der Waals surface area contributed by atoms with Crippen molar-refractivity contribution in [1.82, 2.24) is 9.97 Å². The van der Waals surface area contributed by atoms with E-state index in [1.807, 2.05) is 0 Å². The first-order chi connectivity index (χ1) is 9.97. The minimum Gasteiger partial charge on any atom is -0.476 e. The quantitative estimate of drug-likeness (QED) is 0.619. The summed E-state index contributed by atoms with van der Waals surface area (Å²) in [6.45, 7) is 2.08. The average molecular weight is 308 g/mol. The number of aryl methyl sites for hydroxylation is 1. The fraction of sp³-hybridized carbons (Fsp3) is 0.250. The van der Waals surface area contributed by atoms with E-state index in [4.69, 9.17) is 5.11 Å². The van der Waals surface area contributed by atoms with Crippen LogP contribution in [0.1, 0.15) is 21.1 Å². The highest BCUT2D eigenvalue weighted by Gasteiger charge is 2.12. The van der Waals surface area contributed by atoms with Crippen molar-refractivity contribution in [2.45, 2.75) is 13.3 Å². The number of hydrogen-bond acceptors (Lipinski definition) is 7. The Kier molecular flexibility index (Phi) is 4.43. The van der Waals surface area contributed by atoms with Gasteiger partial charge < -0.3 is 10.4 Å². The SMILES string of the molecule is Cc1cnc(NCCc2nc(C(=O)O)cs2)cc1[N+](=O)[O-]. The maximum Gasteiger partial charge on any atom is 0.355 e. The van der Waals surface area contributed by atoms with Crippen LogP contribution in [0.3, 0.4) is 0 Å². The number of pyridine rings is 1. The molecule has 2 heterocycles. The molecule has 0 spiro atoms. The second kappa shape index (κ2) is 6.27. The third-order valence-electron chi connectivity index (χ3n) is 2.69. The number of anilines is 1. The molecule has 0 bridgehead atoms. The van der Waals surface area contributed by atoms with Gasteiger partial charge in [-0.25, -0.2) is 14.8 Å². The molecule has 0 fully saturated rings. The highest BCUT2D eigenvalue weighted by Crippen LogP contribution is 2.20. The van der Waals surface area contributed by atoms with E-state index in [1.165, 1.54) is 29.0 Å². The zero-order valence-electron chi connectivity index (χ0n) is 11.1. The summed E-state index contributed by atoms with van der Waals surface area (Å²) in [4.78, 5) is 29.1. The van der Waals surface area contributed by atoms with Crippen LogP contribution in [0.2, 0.25) is 0 Å². The van der Waals surface area contributed by atoms with E-state index in [9.17, 15) is 14.9 Å². The highest BCUT2D eigenvalue weighted by molar-refractivity contribution is 7.09. The third-order valence-corrected chi connectivity index (χ3v) is 3.60. The maximum absolute atomic E-state index is 10.8. The Labute approximate surface area is 123 Å². The predicted molar refractivity (Wildman–Crippen MR) is 76.9 cm³/mol. The predicted octanol–water partition coefficient (Wildman–Crippen LogP) is 2.11. The molecule has 0 atom stereocenters. The van der Waals surface area contributed by atoms with Crippen LogP contribution in [0.15, 0.2) is 17.6 Å². The van der Waals surface area contributed by atoms with E-state index >= 15 is 0 Å². The van der Waals surface area contributed by atoms with Crippen LogP contribution < -0.4 is 5.32 Å². The van der Waals surface area contributed by atoms with Gasteiger partial charge in [0, 0.05) is 30.1 Å². The molecule has 0 aliphatic carbocycles. The number of thiazole rings is 1. The maximum atomic E-state index is 10.8. The molecule has 110 valence electrons. The minimum absolute atomic E-state index is 0.00918. The van der Waals surface area contributed by atoms with Crippen LogP contribution in [0, 0.1) is 17.0 Å². The van der Waals surface area contributed by atoms with E-state index < -0.39 is 10.9 Å². The number of carbonyl (C=O) groups is 1. The summed E-state index contributed by atoms with van der Waals surface area (Å²) < 4.78 is 0. The van der Waals surface area contributed by atoms with Crippen molar-refractivity contribution >= 4 is 28.8 Å². The lowest BCUT2D eigenvalue weighted by molar-refractivity contribution is -0.385. The van der Waals surface area contributed by atoms with Crippen molar-refractivity contribution < 1.29 is 14.8 Å². The number of nitrogens with one attached hydrogen (secondary N) is 1. The first-order valence-electron chi connectivity index (χ1n) is 6.00. The van der Waals surface area contributed by atoms with Crippen molar-refractivity contribution in [3.8, 4) is 0 Å². The topological polar surface area (TPSA) is 118 Å². The Hall–Kier alpha value is -2.55. The monoisotopic (exact) mass is 308 g/mol. The second-order valence-corrected chi connectivity index (χ2v) is 5.16. The highest BCUT2D eigenvalue weighted by atomic mass is 32.1. The summed E-state index contributed by atoms with van der Waals surface area (Å²) in [7, 11) is 0. The number of aromatic nitrogens is 2. The molecule has 0 saturated carbocycles. The van der Waals surface area contributed by atoms with Crippen molar-refractivity contribution in [1.29, 1.82) is 0 Å². The van der Waals surface area contributed by atoms with E-state index in [0.29, 0.717) is 29.4 Å². The molecule has 2 rings (SSSR count). The molecule has 2 N–H and O–H groups in total. The molecule has 2 aromatic heterocycles. The Morgan fingerprint density at radius 3 is 2.95 bits per heavy atom. The van der Waals surface area contributed by atoms with Crippen LogP contribution in [0.5, 0.6) is 0 Å². The van der Waals surface area contributed by atoms with Gasteiger partial charge in [0.1, 0.15) is 5.82 Å². The number of hydrogen-bond donors (Lipinski definition) is 2. The minimum atomic E-state index is -1.05. The Morgan fingerprint density at radius 2 is 2.33 bits per heavy atom. The van der Waals surface area contributed by atoms with Crippen LogP contribution in [0.4, 0.5) is 11.5 Å². The van der Waals surface area contributed by atoms with E-state index in [1.54, 1.807) is 6.92 Å². The number of carboxylic acids is 1. The van der Waals surface area contributed by atoms with E-state index in [0.717, 1.165) is 0 Å². The molecular formula is C12H12N4O4S. The van der Waals surface area contributed by atoms with Gasteiger partial charge >= 0.3 is 5.97 Å². The van der Waals surface area contributed by atoms with Gasteiger partial charge in [-0.3, -0.25) is 10.1 Å². The normalized spacial score (nSPS) is 10.3. The van der Waals surface area contributed by atoms with Gasteiger partial charge in [-0.05, 0) is 6.92 Å². The summed E-state index contributed by atoms with van der Waals surface area (Å²) in [5, 5.41) is 24.7. The van der Waals surface area contributed by atoms with Crippen LogP contribution in [0.25, 0.3) is 0 Å². The zero-order valence-corrected chi connectivity index (χ0v) is 11.9. The van der Waals surface area contributed by atoms with Crippen LogP contribution >= 0.6 is 11.3 Å². The zero-order chi connectivity index (χ0) is 15.4. The number of aromatic carboxylic acids is 1. The van der Waals surface area contributed by atoms with Gasteiger partial charge in [0.25, 0.3) is 5.69 Å². The van der Waals surface area contributed by atoms with Crippen molar-refractivity contribution in [2.24, 2.45) is 0 Å². The smallest absolute Gasteiger partial charge is 0.355 e. The third kappa shape index (κ3) is 3.72. The molecule has 9 heteroatoms. The molecule has 2 aromatic rings. The first kappa shape index (κ1) is 14.9. The van der Waals surface area contributed by atoms with Crippen molar-refractivity contribution in [3.63, 3.8) is 0 Å². The largest absolute Gasteiger partial charge is 0.476 e. The van der Waals surface area contributed by atoms with E-state index in [2.05, 4.69) is 15.3 Å². The summed E-state index contributed by atoms with van der Waals surface area (Å²) in [5.41, 5.74) is 0.533. The molecule has 0 amide bonds. The lowest BCUT2D eigenvalue weighted by Gasteiger charge is -2.05. The Balaban J connectivity index is 1.95. The van der Waals surface area contributed by atoms with Gasteiger partial charge in [0.15, 0.2) is 5.69 Å². The number of nitrogens with zero attached hydrogens (tertiary/aromatic N) is 3. The molecule has 0 aliphatic heterocycles. The summed E-state index contributed by atoms with van der Waals surface area (Å²) in [6.07, 6.45) is 1.95. The molecule has 0 radical (unpaired) electrons. The number of rotatable bonds is 6. The first-order valence-corrected chi connectivity index (χ1v) is 6.88. The van der Waals surface area contributed by atoms with Gasteiger partial charge in [0.2, 0.25) is 0 Å². The molecule has 0 saturated heterocycles. The summed E-state index contributed by atoms with van der Waals surface area (Å²) >= 11 is 1.26. The molecule has 0 unspecified atom stereocenters. The van der Waals surface area contributed by atoms with Gasteiger partial charge in [-0.1, -0.05) is 0 Å². The number of carboxylic acid groups (broad SMARTS) is 1. The molecule has 8 nitrogen and oxygen atoms in total. The molecule has 0 aliphatic rings. The lowest BCUT2D eigenvalue weighted by atomic mass is 10.2. The average Bonchev–Trinajstić information content (AvgIpc) is 2.89. The second-order valence-electron chi connectivity index (χ2n) is 4.22. The summed E-state index contributed by atoms with van der Waals surface area (Å²) in [5.74, 6) is -0.649. The van der Waals surface area contributed by atoms with Gasteiger partial charge in [-0.2, -0.15) is 0 Å². The lowest BCUT2D eigenvalue weighted by Crippen LogP contribution is -2.07. The van der Waals surface area contributed by atoms with Crippen LogP contribution in [-0.4, -0.2) is 32.5 Å². The Morgan fingerprint density at radius 1 is 1.57 bits per heavy atom. The molecular weight excluding hydrogens is 296 g/mol. The molecule has 21 heavy (non-hydrogen) atoms. The fourth-order valence-electron chi connectivity index (χ4n) is 1.63. The van der Waals surface area contributed by atoms with Crippen molar-refractivity contribution in [2.75, 3.05) is 11.9 Å². The summed E-state index contributed by atoms with van der Waals surface area (Å²) in [6, 6.07) is 1.37. The molecule has 0 aromatic carbocycles. The van der Waals surface area contributed by atoms with Crippen LogP contribution in [-0.2, 0) is 6.42 Å². The van der Waals surface area contributed by atoms with Gasteiger partial charge in [-0.15, -0.1) is 11.3 Å². The standard InChI is InChI=1S/C12H12N4O4S/c1-7-5-14-10(4-9(7)16(19)20)13-3-2-11-15-8(6-21-11)12(17)18/h4-6H,2-3H2,1H3,(H,13,14)(H,17,18). The Bertz CT molecular complexity index is 686. The van der Waals surface area contributed by atoms with Crippen molar-refractivity contribution in [3.05, 3.63) is 44.0 Å². The number of nitro groups is 1.